The molecule has 4 rings (SSSR count). The Morgan fingerprint density at radius 1 is 0.952 bits per heavy atom. The highest BCUT2D eigenvalue weighted by atomic mass is 19.4. The van der Waals surface area contributed by atoms with Crippen LogP contribution in [0.3, 0.4) is 0 Å². The van der Waals surface area contributed by atoms with Gasteiger partial charge in [-0.1, -0.05) is 12.1 Å². The summed E-state index contributed by atoms with van der Waals surface area (Å²) >= 11 is 0. The Bertz CT molecular complexity index is 1750. The first-order valence-electron chi connectivity index (χ1n) is 12.6. The minimum Gasteiger partial charge on any atom is -0.457 e. The van der Waals surface area contributed by atoms with Crippen LogP contribution in [-0.2, 0) is 12.7 Å². The van der Waals surface area contributed by atoms with E-state index in [1.165, 1.54) is 36.4 Å². The second kappa shape index (κ2) is 11.5. The number of hydrogen-bond acceptors (Lipinski definition) is 4. The van der Waals surface area contributed by atoms with Gasteiger partial charge in [-0.25, -0.2) is 8.78 Å². The van der Waals surface area contributed by atoms with Crippen molar-refractivity contribution < 1.29 is 31.5 Å². The summed E-state index contributed by atoms with van der Waals surface area (Å²) < 4.78 is 76.0. The number of ether oxygens (including phenoxy) is 1. The highest BCUT2D eigenvalue weighted by Crippen LogP contribution is 2.34. The fourth-order valence-electron chi connectivity index (χ4n) is 4.14. The normalized spacial score (nSPS) is 11.6. The van der Waals surface area contributed by atoms with Crippen molar-refractivity contribution in [2.45, 2.75) is 39.0 Å². The highest BCUT2D eigenvalue weighted by molar-refractivity contribution is 5.95. The maximum absolute atomic E-state index is 14.4. The topological polar surface area (TPSA) is 84.1 Å². The molecule has 3 aromatic carbocycles. The maximum atomic E-state index is 14.4. The van der Waals surface area contributed by atoms with Gasteiger partial charge in [-0.05, 0) is 80.9 Å². The summed E-state index contributed by atoms with van der Waals surface area (Å²) in [7, 11) is 0. The lowest BCUT2D eigenvalue weighted by Crippen LogP contribution is -2.40. The van der Waals surface area contributed by atoms with Crippen LogP contribution in [0.15, 0.2) is 77.6 Å². The van der Waals surface area contributed by atoms with Gasteiger partial charge in [0.1, 0.15) is 34.8 Å². The number of amides is 1. The quantitative estimate of drug-likeness (QED) is 0.247. The molecule has 6 nitrogen and oxygen atoms in total. The molecule has 1 N–H and O–H groups in total. The number of carbonyl (C=O) groups is 1. The number of pyridine rings is 1. The molecule has 0 radical (unpaired) electrons. The molecule has 0 atom stereocenters. The number of nitrogens with one attached hydrogen (secondary N) is 1. The fourth-order valence-corrected chi connectivity index (χ4v) is 4.14. The van der Waals surface area contributed by atoms with E-state index >= 15 is 0 Å². The van der Waals surface area contributed by atoms with Gasteiger partial charge in [-0.15, -0.1) is 0 Å². The number of alkyl halides is 3. The summed E-state index contributed by atoms with van der Waals surface area (Å²) in [6.45, 7) is 4.96. The van der Waals surface area contributed by atoms with Crippen LogP contribution < -0.4 is 15.6 Å². The Hall–Kier alpha value is -4.98. The van der Waals surface area contributed by atoms with Gasteiger partial charge in [-0.2, -0.15) is 18.4 Å². The molecule has 0 aliphatic heterocycles. The first-order valence-corrected chi connectivity index (χ1v) is 12.6. The summed E-state index contributed by atoms with van der Waals surface area (Å²) in [6.07, 6.45) is -5.02. The third-order valence-electron chi connectivity index (χ3n) is 6.03. The van der Waals surface area contributed by atoms with Crippen molar-refractivity contribution in [3.63, 3.8) is 0 Å². The van der Waals surface area contributed by atoms with E-state index in [1.807, 2.05) is 20.8 Å². The number of halogens is 5. The number of rotatable bonds is 6. The molecule has 42 heavy (non-hydrogen) atoms. The minimum absolute atomic E-state index is 0.135. The number of carbonyl (C=O) groups excluding carboxylic acids is 1. The van der Waals surface area contributed by atoms with E-state index in [1.54, 1.807) is 18.2 Å². The van der Waals surface area contributed by atoms with Gasteiger partial charge >= 0.3 is 6.18 Å². The molecule has 216 valence electrons. The van der Waals surface area contributed by atoms with Crippen molar-refractivity contribution in [3.05, 3.63) is 117 Å². The van der Waals surface area contributed by atoms with Crippen molar-refractivity contribution in [1.29, 1.82) is 5.26 Å². The zero-order valence-corrected chi connectivity index (χ0v) is 22.6. The molecule has 11 heteroatoms. The van der Waals surface area contributed by atoms with E-state index in [2.05, 4.69) is 5.32 Å². The predicted molar refractivity (Wildman–Crippen MR) is 145 cm³/mol. The molecule has 0 fully saturated rings. The Morgan fingerprint density at radius 3 is 2.24 bits per heavy atom. The van der Waals surface area contributed by atoms with Crippen LogP contribution >= 0.6 is 0 Å². The molecule has 0 aliphatic rings. The fraction of sp³-hybridized carbons (Fsp3) is 0.194. The molecule has 0 saturated carbocycles. The molecule has 4 aromatic rings. The van der Waals surface area contributed by atoms with Gasteiger partial charge < -0.3 is 14.6 Å². The van der Waals surface area contributed by atoms with E-state index in [-0.39, 0.29) is 28.5 Å². The smallest absolute Gasteiger partial charge is 0.417 e. The van der Waals surface area contributed by atoms with Crippen molar-refractivity contribution in [2.24, 2.45) is 0 Å². The van der Waals surface area contributed by atoms with E-state index in [9.17, 15) is 36.8 Å². The van der Waals surface area contributed by atoms with Gasteiger partial charge in [0.25, 0.3) is 11.5 Å². The lowest BCUT2D eigenvalue weighted by atomic mass is 10.0. The largest absolute Gasteiger partial charge is 0.457 e. The Labute approximate surface area is 237 Å². The lowest BCUT2D eigenvalue weighted by molar-refractivity contribution is -0.137. The SMILES string of the molecule is CC(C)(C)NC(=O)c1cccc(Oc2ccc(-c3cc(C(F)(F)F)c(C#N)c(=O)n3Cc3ccc(F)cc3F)cc2)c1. The Morgan fingerprint density at radius 2 is 1.64 bits per heavy atom. The standard InChI is InChI=1S/C31H24F5N3O3/c1-30(2,3)38-28(40)19-5-4-6-23(13-19)42-22-11-8-18(9-12-22)27-15-25(31(34,35)36)24(16-37)29(41)39(27)17-20-7-10-21(32)14-26(20)33/h4-15H,17H2,1-3H3,(H,38,40). The summed E-state index contributed by atoms with van der Waals surface area (Å²) in [5.74, 6) is -1.58. The van der Waals surface area contributed by atoms with Crippen LogP contribution in [0.5, 0.6) is 11.5 Å². The highest BCUT2D eigenvalue weighted by Gasteiger charge is 2.36. The minimum atomic E-state index is -5.02. The molecular weight excluding hydrogens is 557 g/mol. The van der Waals surface area contributed by atoms with Gasteiger partial charge in [0.15, 0.2) is 0 Å². The van der Waals surface area contributed by atoms with E-state index in [0.29, 0.717) is 23.4 Å². The van der Waals surface area contributed by atoms with Gasteiger partial charge in [-0.3, -0.25) is 9.59 Å². The molecule has 1 heterocycles. The monoisotopic (exact) mass is 581 g/mol. The molecule has 1 aromatic heterocycles. The number of nitrogens with zero attached hydrogens (tertiary/aromatic N) is 2. The average molecular weight is 582 g/mol. The second-order valence-corrected chi connectivity index (χ2v) is 10.4. The lowest BCUT2D eigenvalue weighted by Gasteiger charge is -2.20. The van der Waals surface area contributed by atoms with Gasteiger partial charge in [0.05, 0.1) is 17.8 Å². The van der Waals surface area contributed by atoms with Crippen LogP contribution in [0.25, 0.3) is 11.3 Å². The van der Waals surface area contributed by atoms with Crippen LogP contribution in [0.2, 0.25) is 0 Å². The van der Waals surface area contributed by atoms with Gasteiger partial charge in [0, 0.05) is 22.7 Å². The van der Waals surface area contributed by atoms with Crippen molar-refractivity contribution >= 4 is 5.91 Å². The zero-order valence-electron chi connectivity index (χ0n) is 22.6. The van der Waals surface area contributed by atoms with Crippen LogP contribution in [0, 0.1) is 23.0 Å². The summed E-state index contributed by atoms with van der Waals surface area (Å²) in [5, 5.41) is 12.2. The number of hydrogen-bond donors (Lipinski definition) is 1. The van der Waals surface area contributed by atoms with E-state index < -0.39 is 46.6 Å². The van der Waals surface area contributed by atoms with Crippen molar-refractivity contribution in [2.75, 3.05) is 0 Å². The van der Waals surface area contributed by atoms with Crippen molar-refractivity contribution in [1.82, 2.24) is 9.88 Å². The van der Waals surface area contributed by atoms with E-state index in [0.717, 1.165) is 16.7 Å². The molecule has 0 saturated heterocycles. The maximum Gasteiger partial charge on any atom is 0.417 e. The van der Waals surface area contributed by atoms with E-state index in [4.69, 9.17) is 4.74 Å². The first kappa shape index (κ1) is 30.0. The number of benzene rings is 3. The molecule has 0 bridgehead atoms. The summed E-state index contributed by atoms with van der Waals surface area (Å²) in [5.41, 5.74) is -4.25. The molecular formula is C31H24F5N3O3. The number of aromatic nitrogens is 1. The second-order valence-electron chi connectivity index (χ2n) is 10.4. The molecule has 0 unspecified atom stereocenters. The summed E-state index contributed by atoms with van der Waals surface area (Å²) in [4.78, 5) is 25.6. The van der Waals surface area contributed by atoms with Gasteiger partial charge in [0.2, 0.25) is 0 Å². The predicted octanol–water partition coefficient (Wildman–Crippen LogP) is 7.05. The molecule has 0 spiro atoms. The zero-order chi connectivity index (χ0) is 30.8. The number of nitriles is 1. The molecule has 1 amide bonds. The van der Waals surface area contributed by atoms with Crippen LogP contribution in [-0.4, -0.2) is 16.0 Å². The third kappa shape index (κ3) is 6.83. The Balaban J connectivity index is 1.73. The Kier molecular flexibility index (Phi) is 8.20. The average Bonchev–Trinajstić information content (AvgIpc) is 2.90. The van der Waals surface area contributed by atoms with Crippen molar-refractivity contribution in [3.8, 4) is 28.8 Å². The van der Waals surface area contributed by atoms with Crippen LogP contribution in [0.4, 0.5) is 22.0 Å². The summed E-state index contributed by atoms with van der Waals surface area (Å²) in [6, 6.07) is 16.6. The van der Waals surface area contributed by atoms with Crippen LogP contribution in [0.1, 0.15) is 47.8 Å². The third-order valence-corrected chi connectivity index (χ3v) is 6.03. The molecule has 0 aliphatic carbocycles. The first-order chi connectivity index (χ1) is 19.7.